The molecule has 0 bridgehead atoms. The van der Waals surface area contributed by atoms with E-state index in [9.17, 15) is 4.79 Å². The smallest absolute Gasteiger partial charge is 0.177 e. The molecule has 0 aromatic heterocycles. The molecule has 0 fully saturated rings. The Bertz CT molecular complexity index is 602. The summed E-state index contributed by atoms with van der Waals surface area (Å²) in [5.74, 6) is -0.260. The number of benzene rings is 1. The molecule has 1 aromatic carbocycles. The molecule has 2 rings (SSSR count). The predicted octanol–water partition coefficient (Wildman–Crippen LogP) is 2.59. The van der Waals surface area contributed by atoms with Crippen molar-refractivity contribution >= 4 is 11.5 Å². The van der Waals surface area contributed by atoms with Gasteiger partial charge in [-0.15, -0.1) is 0 Å². The van der Waals surface area contributed by atoms with Crippen LogP contribution in [-0.4, -0.2) is 18.1 Å². The number of hydrogen-bond acceptors (Lipinski definition) is 4. The zero-order valence-corrected chi connectivity index (χ0v) is 12.1. The van der Waals surface area contributed by atoms with Gasteiger partial charge in [-0.05, 0) is 30.5 Å². The van der Waals surface area contributed by atoms with Gasteiger partial charge in [0, 0.05) is 24.6 Å². The third-order valence-electron chi connectivity index (χ3n) is 3.77. The Morgan fingerprint density at radius 2 is 2.05 bits per heavy atom. The number of carbonyl (C=O) groups is 1. The minimum absolute atomic E-state index is 0.000339. The van der Waals surface area contributed by atoms with Crippen molar-refractivity contribution in [1.29, 1.82) is 5.41 Å². The lowest BCUT2D eigenvalue weighted by atomic mass is 9.92. The maximum absolute atomic E-state index is 11.4. The fraction of sp³-hybridized carbons (Fsp3) is 0.375. The Kier molecular flexibility index (Phi) is 4.04. The van der Waals surface area contributed by atoms with Crippen molar-refractivity contribution in [3.8, 4) is 0 Å². The zero-order chi connectivity index (χ0) is 14.9. The van der Waals surface area contributed by atoms with E-state index in [1.165, 1.54) is 18.1 Å². The largest absolute Gasteiger partial charge is 0.400 e. The normalized spacial score (nSPS) is 19.1. The third-order valence-corrected chi connectivity index (χ3v) is 3.77. The first-order valence-corrected chi connectivity index (χ1v) is 6.66. The summed E-state index contributed by atoms with van der Waals surface area (Å²) >= 11 is 0. The SMILES string of the molecule is CC(=O)C(=N)C1=C(N)COC(c2ccc(C)c(C)c2)C1. The van der Waals surface area contributed by atoms with E-state index >= 15 is 0 Å². The molecule has 0 saturated heterocycles. The maximum atomic E-state index is 11.4. The van der Waals surface area contributed by atoms with Crippen molar-refractivity contribution in [3.05, 3.63) is 46.2 Å². The van der Waals surface area contributed by atoms with Gasteiger partial charge in [-0.2, -0.15) is 0 Å². The van der Waals surface area contributed by atoms with Crippen LogP contribution in [0.15, 0.2) is 29.5 Å². The van der Waals surface area contributed by atoms with Crippen LogP contribution in [0.4, 0.5) is 0 Å². The van der Waals surface area contributed by atoms with E-state index in [0.29, 0.717) is 17.7 Å². The van der Waals surface area contributed by atoms with Gasteiger partial charge in [0.1, 0.15) is 5.71 Å². The molecular weight excluding hydrogens is 252 g/mol. The first-order chi connectivity index (χ1) is 9.40. The average molecular weight is 272 g/mol. The first kappa shape index (κ1) is 14.5. The van der Waals surface area contributed by atoms with Crippen LogP contribution in [0, 0.1) is 19.3 Å². The number of nitrogens with one attached hydrogen (secondary N) is 1. The number of ketones is 1. The van der Waals surface area contributed by atoms with E-state index in [-0.39, 0.29) is 24.2 Å². The number of ether oxygens (including phenoxy) is 1. The summed E-state index contributed by atoms with van der Waals surface area (Å²) in [4.78, 5) is 11.4. The molecule has 3 N–H and O–H groups in total. The van der Waals surface area contributed by atoms with Crippen LogP contribution in [0.5, 0.6) is 0 Å². The van der Waals surface area contributed by atoms with Crippen LogP contribution >= 0.6 is 0 Å². The Labute approximate surface area is 119 Å². The molecule has 1 aromatic rings. The predicted molar refractivity (Wildman–Crippen MR) is 78.8 cm³/mol. The van der Waals surface area contributed by atoms with Gasteiger partial charge in [0.15, 0.2) is 5.78 Å². The summed E-state index contributed by atoms with van der Waals surface area (Å²) in [6, 6.07) is 6.19. The molecule has 1 atom stereocenters. The summed E-state index contributed by atoms with van der Waals surface area (Å²) < 4.78 is 5.74. The maximum Gasteiger partial charge on any atom is 0.177 e. The summed E-state index contributed by atoms with van der Waals surface area (Å²) in [5, 5.41) is 7.85. The highest BCUT2D eigenvalue weighted by Gasteiger charge is 2.25. The quantitative estimate of drug-likeness (QED) is 0.830. The number of carbonyl (C=O) groups excluding carboxylic acids is 1. The van der Waals surface area contributed by atoms with E-state index in [1.54, 1.807) is 0 Å². The van der Waals surface area contributed by atoms with E-state index < -0.39 is 0 Å². The highest BCUT2D eigenvalue weighted by molar-refractivity contribution is 6.44. The minimum atomic E-state index is -0.260. The van der Waals surface area contributed by atoms with Gasteiger partial charge in [-0.1, -0.05) is 18.2 Å². The summed E-state index contributed by atoms with van der Waals surface area (Å²) in [6.07, 6.45) is 0.337. The Balaban J connectivity index is 2.27. The highest BCUT2D eigenvalue weighted by atomic mass is 16.5. The van der Waals surface area contributed by atoms with Crippen molar-refractivity contribution in [1.82, 2.24) is 0 Å². The van der Waals surface area contributed by atoms with Crippen LogP contribution in [0.25, 0.3) is 0 Å². The highest BCUT2D eigenvalue weighted by Crippen LogP contribution is 2.31. The molecule has 1 heterocycles. The number of nitrogens with two attached hydrogens (primary N) is 1. The van der Waals surface area contributed by atoms with E-state index in [4.69, 9.17) is 15.9 Å². The minimum Gasteiger partial charge on any atom is -0.400 e. The van der Waals surface area contributed by atoms with Crippen LogP contribution in [0.2, 0.25) is 0 Å². The lowest BCUT2D eigenvalue weighted by Gasteiger charge is -2.27. The Hall–Kier alpha value is -1.94. The molecule has 0 radical (unpaired) electrons. The number of hydrogen-bond donors (Lipinski definition) is 2. The van der Waals surface area contributed by atoms with Crippen molar-refractivity contribution in [3.63, 3.8) is 0 Å². The second-order valence-corrected chi connectivity index (χ2v) is 5.28. The van der Waals surface area contributed by atoms with Crippen LogP contribution < -0.4 is 5.73 Å². The van der Waals surface area contributed by atoms with Gasteiger partial charge in [0.05, 0.1) is 12.7 Å². The van der Waals surface area contributed by atoms with Gasteiger partial charge in [0.2, 0.25) is 0 Å². The van der Waals surface area contributed by atoms with Gasteiger partial charge in [0.25, 0.3) is 0 Å². The second kappa shape index (κ2) is 5.59. The van der Waals surface area contributed by atoms with Crippen molar-refractivity contribution < 1.29 is 9.53 Å². The van der Waals surface area contributed by atoms with E-state index in [1.807, 2.05) is 6.07 Å². The molecule has 4 nitrogen and oxygen atoms in total. The molecule has 0 spiro atoms. The Morgan fingerprint density at radius 3 is 2.65 bits per heavy atom. The van der Waals surface area contributed by atoms with Crippen molar-refractivity contribution in [2.24, 2.45) is 5.73 Å². The van der Waals surface area contributed by atoms with E-state index in [0.717, 1.165) is 5.56 Å². The molecule has 1 aliphatic heterocycles. The van der Waals surface area contributed by atoms with Crippen LogP contribution in [0.1, 0.15) is 36.1 Å². The fourth-order valence-electron chi connectivity index (χ4n) is 2.31. The molecule has 1 aliphatic rings. The summed E-state index contributed by atoms with van der Waals surface area (Å²) in [7, 11) is 0. The van der Waals surface area contributed by atoms with Crippen LogP contribution in [0.3, 0.4) is 0 Å². The molecule has 0 saturated carbocycles. The molecule has 1 unspecified atom stereocenters. The van der Waals surface area contributed by atoms with Crippen molar-refractivity contribution in [2.75, 3.05) is 6.61 Å². The first-order valence-electron chi connectivity index (χ1n) is 6.66. The lowest BCUT2D eigenvalue weighted by molar-refractivity contribution is -0.111. The molecular formula is C16H20N2O2. The topological polar surface area (TPSA) is 76.2 Å². The number of rotatable bonds is 3. The average Bonchev–Trinajstić information content (AvgIpc) is 2.41. The summed E-state index contributed by atoms with van der Waals surface area (Å²) in [6.45, 7) is 5.78. The van der Waals surface area contributed by atoms with Gasteiger partial charge < -0.3 is 10.5 Å². The van der Waals surface area contributed by atoms with Crippen molar-refractivity contribution in [2.45, 2.75) is 33.3 Å². The molecule has 20 heavy (non-hydrogen) atoms. The molecule has 106 valence electrons. The second-order valence-electron chi connectivity index (χ2n) is 5.28. The van der Waals surface area contributed by atoms with E-state index in [2.05, 4.69) is 26.0 Å². The van der Waals surface area contributed by atoms with Crippen LogP contribution in [-0.2, 0) is 9.53 Å². The Morgan fingerprint density at radius 1 is 1.35 bits per heavy atom. The summed E-state index contributed by atoms with van der Waals surface area (Å²) in [5.41, 5.74) is 10.5. The number of aryl methyl sites for hydroxylation is 2. The van der Waals surface area contributed by atoms with Gasteiger partial charge >= 0.3 is 0 Å². The molecule has 0 aliphatic carbocycles. The third kappa shape index (κ3) is 2.80. The fourth-order valence-corrected chi connectivity index (χ4v) is 2.31. The number of Topliss-reactive ketones (excluding diaryl/α,β-unsaturated/α-hetero) is 1. The zero-order valence-electron chi connectivity index (χ0n) is 12.1. The van der Waals surface area contributed by atoms with Gasteiger partial charge in [-0.3, -0.25) is 10.2 Å². The van der Waals surface area contributed by atoms with Gasteiger partial charge in [-0.25, -0.2) is 0 Å². The molecule has 4 heteroatoms. The monoisotopic (exact) mass is 272 g/mol. The molecule has 0 amide bonds. The lowest BCUT2D eigenvalue weighted by Crippen LogP contribution is -2.26. The standard InChI is InChI=1S/C16H20N2O2/c1-9-4-5-12(6-10(9)2)15-7-13(14(17)8-20-15)16(18)11(3)19/h4-6,15,18H,7-8,17H2,1-3H3.